The summed E-state index contributed by atoms with van der Waals surface area (Å²) >= 11 is 0. The summed E-state index contributed by atoms with van der Waals surface area (Å²) in [5, 5.41) is 16.5. The quantitative estimate of drug-likeness (QED) is 0.565. The molecule has 0 radical (unpaired) electrons. The van der Waals surface area contributed by atoms with Gasteiger partial charge in [0.05, 0.1) is 6.54 Å². The Morgan fingerprint density at radius 1 is 1.60 bits per heavy atom. The fraction of sp³-hybridized carbons (Fsp3) is 0.800. The Labute approximate surface area is 59.2 Å². The minimum absolute atomic E-state index is 0.699. The summed E-state index contributed by atoms with van der Waals surface area (Å²) < 4.78 is 0. The molecule has 0 amide bonds. The van der Waals surface area contributed by atoms with Crippen LogP contribution in [0.25, 0.3) is 0 Å². The van der Waals surface area contributed by atoms with Gasteiger partial charge >= 0.3 is 0 Å². The van der Waals surface area contributed by atoms with E-state index in [-0.39, 0.29) is 0 Å². The first-order valence-electron chi connectivity index (χ1n) is 3.36. The normalized spacial score (nSPS) is 10.1. The third-order valence-corrected chi connectivity index (χ3v) is 1.10. The Balaban J connectivity index is 2.15. The van der Waals surface area contributed by atoms with Crippen molar-refractivity contribution in [3.05, 3.63) is 5.82 Å². The maximum Gasteiger partial charge on any atom is 0.188 e. The first kappa shape index (κ1) is 7.14. The van der Waals surface area contributed by atoms with E-state index < -0.39 is 0 Å². The third-order valence-electron chi connectivity index (χ3n) is 1.10. The summed E-state index contributed by atoms with van der Waals surface area (Å²) in [4.78, 5) is 0. The van der Waals surface area contributed by atoms with Crippen LogP contribution in [0, 0.1) is 0 Å². The van der Waals surface area contributed by atoms with Gasteiger partial charge in [-0.2, -0.15) is 5.21 Å². The molecular weight excluding hydrogens is 130 g/mol. The second kappa shape index (κ2) is 3.94. The Morgan fingerprint density at radius 3 is 3.10 bits per heavy atom. The molecule has 0 spiro atoms. The summed E-state index contributed by atoms with van der Waals surface area (Å²) in [7, 11) is 0. The summed E-state index contributed by atoms with van der Waals surface area (Å²) in [5.74, 6) is 0.716. The topological polar surface area (TPSA) is 66.5 Å². The van der Waals surface area contributed by atoms with E-state index in [1.165, 1.54) is 0 Å². The van der Waals surface area contributed by atoms with Crippen LogP contribution in [0.2, 0.25) is 0 Å². The van der Waals surface area contributed by atoms with Gasteiger partial charge < -0.3 is 5.32 Å². The van der Waals surface area contributed by atoms with Crippen molar-refractivity contribution in [2.24, 2.45) is 0 Å². The van der Waals surface area contributed by atoms with Crippen LogP contribution in [-0.4, -0.2) is 27.2 Å². The molecule has 56 valence electrons. The molecular formula is C5H11N5. The molecule has 0 saturated carbocycles. The van der Waals surface area contributed by atoms with E-state index in [9.17, 15) is 0 Å². The number of hydrogen-bond acceptors (Lipinski definition) is 4. The third kappa shape index (κ3) is 2.10. The highest BCUT2D eigenvalue weighted by Crippen LogP contribution is 1.80. The molecule has 1 aromatic rings. The average Bonchev–Trinajstić information content (AvgIpc) is 2.41. The van der Waals surface area contributed by atoms with Gasteiger partial charge in [0, 0.05) is 0 Å². The van der Waals surface area contributed by atoms with Crippen molar-refractivity contribution >= 4 is 0 Å². The summed E-state index contributed by atoms with van der Waals surface area (Å²) in [6, 6.07) is 0. The van der Waals surface area contributed by atoms with Crippen molar-refractivity contribution in [1.29, 1.82) is 0 Å². The van der Waals surface area contributed by atoms with Gasteiger partial charge in [-0.1, -0.05) is 12.1 Å². The van der Waals surface area contributed by atoms with Crippen LogP contribution in [-0.2, 0) is 6.54 Å². The van der Waals surface area contributed by atoms with E-state index in [4.69, 9.17) is 0 Å². The van der Waals surface area contributed by atoms with E-state index >= 15 is 0 Å². The van der Waals surface area contributed by atoms with E-state index in [1.54, 1.807) is 0 Å². The zero-order valence-corrected chi connectivity index (χ0v) is 5.96. The number of hydrogen-bond donors (Lipinski definition) is 2. The van der Waals surface area contributed by atoms with Crippen LogP contribution in [0.3, 0.4) is 0 Å². The predicted octanol–water partition coefficient (Wildman–Crippen LogP) is -0.301. The molecule has 5 nitrogen and oxygen atoms in total. The van der Waals surface area contributed by atoms with Crippen molar-refractivity contribution in [1.82, 2.24) is 25.9 Å². The fourth-order valence-electron chi connectivity index (χ4n) is 0.634. The lowest BCUT2D eigenvalue weighted by Crippen LogP contribution is -2.14. The van der Waals surface area contributed by atoms with E-state index in [0.717, 1.165) is 13.0 Å². The number of nitrogens with zero attached hydrogens (tertiary/aromatic N) is 3. The Bertz CT molecular complexity index is 159. The Hall–Kier alpha value is -0.970. The second-order valence-electron chi connectivity index (χ2n) is 2.00. The standard InChI is InChI=1S/C5H11N5/c1-2-3-6-4-5-7-9-10-8-5/h6H,2-4H2,1H3,(H,7,8,9,10). The van der Waals surface area contributed by atoms with Crippen LogP contribution in [0.1, 0.15) is 19.2 Å². The molecule has 0 aliphatic carbocycles. The molecule has 0 aromatic carbocycles. The molecule has 0 bridgehead atoms. The minimum Gasteiger partial charge on any atom is -0.310 e. The van der Waals surface area contributed by atoms with Gasteiger partial charge in [-0.05, 0) is 13.0 Å². The van der Waals surface area contributed by atoms with E-state index in [0.29, 0.717) is 12.4 Å². The highest BCUT2D eigenvalue weighted by atomic mass is 15.5. The number of rotatable bonds is 4. The molecule has 2 N–H and O–H groups in total. The first-order chi connectivity index (χ1) is 4.93. The largest absolute Gasteiger partial charge is 0.310 e. The van der Waals surface area contributed by atoms with Crippen molar-refractivity contribution in [3.8, 4) is 0 Å². The highest BCUT2D eigenvalue weighted by molar-refractivity contribution is 4.73. The zero-order chi connectivity index (χ0) is 7.23. The Morgan fingerprint density at radius 2 is 2.50 bits per heavy atom. The van der Waals surface area contributed by atoms with Gasteiger partial charge in [-0.15, -0.1) is 10.2 Å². The van der Waals surface area contributed by atoms with Crippen LogP contribution < -0.4 is 5.32 Å². The fourth-order valence-corrected chi connectivity index (χ4v) is 0.634. The van der Waals surface area contributed by atoms with Gasteiger partial charge in [0.2, 0.25) is 0 Å². The van der Waals surface area contributed by atoms with Crippen molar-refractivity contribution in [2.75, 3.05) is 6.54 Å². The SMILES string of the molecule is CCCNCc1nn[nH]n1. The molecule has 0 fully saturated rings. The van der Waals surface area contributed by atoms with E-state index in [1.807, 2.05) is 0 Å². The number of nitrogens with one attached hydrogen (secondary N) is 2. The lowest BCUT2D eigenvalue weighted by molar-refractivity contribution is 0.651. The van der Waals surface area contributed by atoms with Gasteiger partial charge in [-0.25, -0.2) is 0 Å². The Kier molecular flexibility index (Phi) is 2.82. The van der Waals surface area contributed by atoms with Crippen molar-refractivity contribution in [2.45, 2.75) is 19.9 Å². The molecule has 0 unspecified atom stereocenters. The zero-order valence-electron chi connectivity index (χ0n) is 5.96. The van der Waals surface area contributed by atoms with Crippen molar-refractivity contribution in [3.63, 3.8) is 0 Å². The summed E-state index contributed by atoms with van der Waals surface area (Å²) in [5.41, 5.74) is 0. The number of H-pyrrole nitrogens is 1. The molecule has 5 heteroatoms. The van der Waals surface area contributed by atoms with Gasteiger partial charge in [0.1, 0.15) is 0 Å². The van der Waals surface area contributed by atoms with Gasteiger partial charge in [-0.3, -0.25) is 0 Å². The molecule has 0 atom stereocenters. The lowest BCUT2D eigenvalue weighted by Gasteiger charge is -1.95. The molecule has 10 heavy (non-hydrogen) atoms. The monoisotopic (exact) mass is 141 g/mol. The van der Waals surface area contributed by atoms with Crippen LogP contribution in [0.15, 0.2) is 0 Å². The first-order valence-corrected chi connectivity index (χ1v) is 3.36. The summed E-state index contributed by atoms with van der Waals surface area (Å²) in [6.07, 6.45) is 1.12. The van der Waals surface area contributed by atoms with Gasteiger partial charge in [0.25, 0.3) is 0 Å². The molecule has 1 aromatic heterocycles. The van der Waals surface area contributed by atoms with Crippen LogP contribution >= 0.6 is 0 Å². The minimum atomic E-state index is 0.699. The maximum absolute atomic E-state index is 3.78. The van der Waals surface area contributed by atoms with Crippen LogP contribution in [0.4, 0.5) is 0 Å². The smallest absolute Gasteiger partial charge is 0.188 e. The average molecular weight is 141 g/mol. The maximum atomic E-state index is 3.78. The predicted molar refractivity (Wildman–Crippen MR) is 36.2 cm³/mol. The molecule has 1 heterocycles. The highest BCUT2D eigenvalue weighted by Gasteiger charge is 1.93. The summed E-state index contributed by atoms with van der Waals surface area (Å²) in [6.45, 7) is 3.81. The molecule has 1 rings (SSSR count). The van der Waals surface area contributed by atoms with Gasteiger partial charge in [0.15, 0.2) is 5.82 Å². The van der Waals surface area contributed by atoms with E-state index in [2.05, 4.69) is 32.9 Å². The molecule has 0 aliphatic rings. The second-order valence-corrected chi connectivity index (χ2v) is 2.00. The number of aromatic nitrogens is 4. The lowest BCUT2D eigenvalue weighted by atomic mass is 10.5. The number of tetrazole rings is 1. The van der Waals surface area contributed by atoms with Crippen molar-refractivity contribution < 1.29 is 0 Å². The molecule has 0 aliphatic heterocycles. The number of aromatic amines is 1. The molecule has 0 saturated heterocycles. The van der Waals surface area contributed by atoms with Crippen LogP contribution in [0.5, 0.6) is 0 Å².